The van der Waals surface area contributed by atoms with Crippen molar-refractivity contribution in [3.63, 3.8) is 0 Å². The van der Waals surface area contributed by atoms with Crippen molar-refractivity contribution in [2.75, 3.05) is 26.9 Å². The highest BCUT2D eigenvalue weighted by atomic mass is 19.1. The third-order valence-electron chi connectivity index (χ3n) is 5.15. The van der Waals surface area contributed by atoms with E-state index in [0.29, 0.717) is 37.3 Å². The van der Waals surface area contributed by atoms with Gasteiger partial charge in [0.15, 0.2) is 0 Å². The van der Waals surface area contributed by atoms with Gasteiger partial charge in [-0.1, -0.05) is 12.5 Å². The monoisotopic (exact) mass is 318 g/mol. The van der Waals surface area contributed by atoms with E-state index in [0.717, 1.165) is 24.9 Å². The van der Waals surface area contributed by atoms with E-state index in [9.17, 15) is 9.65 Å². The minimum Gasteiger partial charge on any atom is -0.381 e. The molecule has 1 saturated carbocycles. The summed E-state index contributed by atoms with van der Waals surface area (Å²) in [4.78, 5) is 2.37. The highest BCUT2D eigenvalue weighted by Gasteiger charge is 2.38. The Morgan fingerprint density at radius 1 is 1.43 bits per heavy atom. The van der Waals surface area contributed by atoms with E-state index in [4.69, 9.17) is 9.47 Å². The molecular weight excluding hydrogens is 295 g/mol. The van der Waals surface area contributed by atoms with Crippen molar-refractivity contribution in [1.82, 2.24) is 4.90 Å². The molecule has 1 aliphatic carbocycles. The summed E-state index contributed by atoms with van der Waals surface area (Å²) in [6.07, 6.45) is 3.73. The number of benzene rings is 1. The second-order valence-corrected chi connectivity index (χ2v) is 6.39. The molecule has 1 aliphatic heterocycles. The minimum absolute atomic E-state index is 0.285. The number of rotatable bonds is 4. The molecule has 23 heavy (non-hydrogen) atoms. The lowest BCUT2D eigenvalue weighted by atomic mass is 9.93. The summed E-state index contributed by atoms with van der Waals surface area (Å²) in [7, 11) is 1.78. The summed E-state index contributed by atoms with van der Waals surface area (Å²) < 4.78 is 24.7. The quantitative estimate of drug-likeness (QED) is 0.856. The van der Waals surface area contributed by atoms with Gasteiger partial charge in [0.1, 0.15) is 5.82 Å². The zero-order chi connectivity index (χ0) is 16.2. The molecule has 124 valence electrons. The molecule has 0 radical (unpaired) electrons. The first kappa shape index (κ1) is 16.4. The van der Waals surface area contributed by atoms with Gasteiger partial charge in [0.05, 0.1) is 31.0 Å². The van der Waals surface area contributed by atoms with E-state index in [-0.39, 0.29) is 11.9 Å². The first-order valence-corrected chi connectivity index (χ1v) is 8.26. The van der Waals surface area contributed by atoms with E-state index in [1.807, 2.05) is 0 Å². The summed E-state index contributed by atoms with van der Waals surface area (Å²) in [6, 6.07) is 6.88. The maximum absolute atomic E-state index is 13.3. The van der Waals surface area contributed by atoms with Crippen LogP contribution in [0, 0.1) is 23.1 Å². The molecule has 0 unspecified atom stereocenters. The molecule has 1 aromatic rings. The van der Waals surface area contributed by atoms with E-state index >= 15 is 0 Å². The van der Waals surface area contributed by atoms with E-state index < -0.39 is 0 Å². The summed E-state index contributed by atoms with van der Waals surface area (Å²) in [5.41, 5.74) is 1.30. The molecule has 1 heterocycles. The van der Waals surface area contributed by atoms with Crippen LogP contribution in [0.1, 0.15) is 30.4 Å². The van der Waals surface area contributed by atoms with Gasteiger partial charge >= 0.3 is 0 Å². The van der Waals surface area contributed by atoms with Crippen LogP contribution >= 0.6 is 0 Å². The van der Waals surface area contributed by atoms with E-state index in [2.05, 4.69) is 11.0 Å². The molecule has 2 aliphatic rings. The Morgan fingerprint density at radius 2 is 2.30 bits per heavy atom. The molecular formula is C18H23FN2O2. The second-order valence-electron chi connectivity index (χ2n) is 6.39. The lowest BCUT2D eigenvalue weighted by molar-refractivity contribution is -0.0608. The van der Waals surface area contributed by atoms with Gasteiger partial charge in [-0.25, -0.2) is 4.39 Å². The zero-order valence-corrected chi connectivity index (χ0v) is 13.5. The molecule has 0 aromatic heterocycles. The Labute approximate surface area is 136 Å². The van der Waals surface area contributed by atoms with Crippen molar-refractivity contribution in [3.8, 4) is 6.07 Å². The van der Waals surface area contributed by atoms with Gasteiger partial charge in [0, 0.05) is 32.2 Å². The number of morpholine rings is 1. The first-order valence-electron chi connectivity index (χ1n) is 8.26. The SMILES string of the molecule is CO[C@@H]1CCC[C@H]1[C@H]1COCCN1Cc1ccc(F)cc1C#N. The molecule has 0 bridgehead atoms. The number of nitrogens with zero attached hydrogens (tertiary/aromatic N) is 2. The maximum Gasteiger partial charge on any atom is 0.124 e. The van der Waals surface area contributed by atoms with Crippen molar-refractivity contribution in [3.05, 3.63) is 35.1 Å². The fourth-order valence-electron chi connectivity index (χ4n) is 3.94. The Bertz CT molecular complexity index is 587. The minimum atomic E-state index is -0.362. The van der Waals surface area contributed by atoms with Crippen LogP contribution in [0.2, 0.25) is 0 Å². The number of nitriles is 1. The van der Waals surface area contributed by atoms with Crippen molar-refractivity contribution in [2.24, 2.45) is 5.92 Å². The molecule has 0 amide bonds. The van der Waals surface area contributed by atoms with Gasteiger partial charge in [-0.2, -0.15) is 5.26 Å². The first-order chi connectivity index (χ1) is 11.2. The topological polar surface area (TPSA) is 45.5 Å². The second kappa shape index (κ2) is 7.39. The number of methoxy groups -OCH3 is 1. The average molecular weight is 318 g/mol. The van der Waals surface area contributed by atoms with Gasteiger partial charge in [0.2, 0.25) is 0 Å². The molecule has 3 atom stereocenters. The van der Waals surface area contributed by atoms with Gasteiger partial charge < -0.3 is 9.47 Å². The molecule has 3 rings (SSSR count). The molecule has 1 aromatic carbocycles. The van der Waals surface area contributed by atoms with Crippen molar-refractivity contribution >= 4 is 0 Å². The number of halogens is 1. The van der Waals surface area contributed by atoms with Crippen molar-refractivity contribution < 1.29 is 13.9 Å². The summed E-state index contributed by atoms with van der Waals surface area (Å²) in [6.45, 7) is 2.89. The van der Waals surface area contributed by atoms with E-state index in [1.165, 1.54) is 18.6 Å². The predicted octanol–water partition coefficient (Wildman–Crippen LogP) is 2.71. The lowest BCUT2D eigenvalue weighted by Gasteiger charge is -2.40. The normalized spacial score (nSPS) is 28.7. The fourth-order valence-corrected chi connectivity index (χ4v) is 3.94. The van der Waals surface area contributed by atoms with E-state index in [1.54, 1.807) is 13.2 Å². The highest BCUT2D eigenvalue weighted by Crippen LogP contribution is 2.34. The third-order valence-corrected chi connectivity index (χ3v) is 5.15. The molecule has 1 saturated heterocycles. The summed E-state index contributed by atoms with van der Waals surface area (Å²) in [5.74, 6) is 0.102. The molecule has 0 spiro atoms. The van der Waals surface area contributed by atoms with Gasteiger partial charge in [-0.3, -0.25) is 4.90 Å². The lowest BCUT2D eigenvalue weighted by Crippen LogP contribution is -2.50. The molecule has 2 fully saturated rings. The third kappa shape index (κ3) is 3.55. The standard InChI is InChI=1S/C18H23FN2O2/c1-22-18-4-2-3-16(18)17-12-23-8-7-21(17)11-13-5-6-15(19)9-14(13)10-20/h5-6,9,16-18H,2-4,7-8,11-12H2,1H3/t16-,17+,18+/m0/s1. The van der Waals surface area contributed by atoms with Crippen LogP contribution in [0.3, 0.4) is 0 Å². The van der Waals surface area contributed by atoms with Gasteiger partial charge in [0.25, 0.3) is 0 Å². The summed E-state index contributed by atoms with van der Waals surface area (Å²) >= 11 is 0. The van der Waals surface area contributed by atoms with Crippen LogP contribution in [0.15, 0.2) is 18.2 Å². The van der Waals surface area contributed by atoms with Gasteiger partial charge in [-0.15, -0.1) is 0 Å². The number of ether oxygens (including phenoxy) is 2. The zero-order valence-electron chi connectivity index (χ0n) is 13.5. The highest BCUT2D eigenvalue weighted by molar-refractivity contribution is 5.37. The Kier molecular flexibility index (Phi) is 5.27. The van der Waals surface area contributed by atoms with Crippen LogP contribution in [-0.2, 0) is 16.0 Å². The fraction of sp³-hybridized carbons (Fsp3) is 0.611. The molecule has 4 nitrogen and oxygen atoms in total. The maximum atomic E-state index is 13.3. The van der Waals surface area contributed by atoms with Crippen molar-refractivity contribution in [1.29, 1.82) is 5.26 Å². The molecule has 5 heteroatoms. The van der Waals surface area contributed by atoms with Gasteiger partial charge in [-0.05, 0) is 30.5 Å². The predicted molar refractivity (Wildman–Crippen MR) is 84.3 cm³/mol. The number of hydrogen-bond donors (Lipinski definition) is 0. The molecule has 0 N–H and O–H groups in total. The summed E-state index contributed by atoms with van der Waals surface area (Å²) in [5, 5.41) is 9.25. The Balaban J connectivity index is 1.78. The van der Waals surface area contributed by atoms with Crippen molar-refractivity contribution in [2.45, 2.75) is 38.0 Å². The largest absolute Gasteiger partial charge is 0.381 e. The van der Waals surface area contributed by atoms with Crippen LogP contribution in [-0.4, -0.2) is 43.9 Å². The smallest absolute Gasteiger partial charge is 0.124 e. The Morgan fingerprint density at radius 3 is 3.09 bits per heavy atom. The van der Waals surface area contributed by atoms with Crippen LogP contribution in [0.4, 0.5) is 4.39 Å². The number of hydrogen-bond acceptors (Lipinski definition) is 4. The van der Waals surface area contributed by atoms with Crippen LogP contribution in [0.5, 0.6) is 0 Å². The van der Waals surface area contributed by atoms with Crippen LogP contribution in [0.25, 0.3) is 0 Å². The Hall–Kier alpha value is -1.48. The van der Waals surface area contributed by atoms with Crippen LogP contribution < -0.4 is 0 Å². The average Bonchev–Trinajstić information content (AvgIpc) is 3.05.